The molecule has 0 aliphatic heterocycles. The lowest BCUT2D eigenvalue weighted by molar-refractivity contribution is -0.384. The molecule has 1 atom stereocenters. The molecule has 0 bridgehead atoms. The predicted octanol–water partition coefficient (Wildman–Crippen LogP) is 5.32. The van der Waals surface area contributed by atoms with E-state index in [-0.39, 0.29) is 28.6 Å². The summed E-state index contributed by atoms with van der Waals surface area (Å²) < 4.78 is 34.2. The molecule has 1 unspecified atom stereocenters. The molecule has 34 heavy (non-hydrogen) atoms. The Balaban J connectivity index is 1.74. The highest BCUT2D eigenvalue weighted by Crippen LogP contribution is 2.28. The van der Waals surface area contributed by atoms with Crippen molar-refractivity contribution in [2.75, 3.05) is 5.32 Å². The van der Waals surface area contributed by atoms with Crippen molar-refractivity contribution in [2.45, 2.75) is 19.1 Å². The van der Waals surface area contributed by atoms with Gasteiger partial charge in [0.1, 0.15) is 5.75 Å². The number of amides is 1. The number of esters is 1. The van der Waals surface area contributed by atoms with E-state index in [0.29, 0.717) is 11.1 Å². The molecule has 0 fully saturated rings. The van der Waals surface area contributed by atoms with Crippen LogP contribution < -0.4 is 10.1 Å². The van der Waals surface area contributed by atoms with Crippen LogP contribution in [0.4, 0.5) is 20.2 Å². The van der Waals surface area contributed by atoms with Crippen molar-refractivity contribution in [1.29, 1.82) is 0 Å². The van der Waals surface area contributed by atoms with E-state index < -0.39 is 29.5 Å². The first-order chi connectivity index (χ1) is 16.2. The number of nitro benzene ring substituents is 1. The van der Waals surface area contributed by atoms with Crippen LogP contribution in [-0.4, -0.2) is 23.4 Å². The normalized spacial score (nSPS) is 11.5. The van der Waals surface area contributed by atoms with E-state index in [9.17, 15) is 28.5 Å². The topological polar surface area (TPSA) is 108 Å². The number of nitrogens with one attached hydrogen (secondary N) is 1. The lowest BCUT2D eigenvalue weighted by Gasteiger charge is -2.18. The average molecular weight is 491 g/mol. The first-order valence-corrected chi connectivity index (χ1v) is 10.1. The fraction of sp³-hybridized carbons (Fsp3) is 0.130. The van der Waals surface area contributed by atoms with Crippen molar-refractivity contribution < 1.29 is 32.8 Å². The molecule has 0 aromatic heterocycles. The lowest BCUT2D eigenvalue weighted by Crippen LogP contribution is -2.26. The second-order valence-corrected chi connectivity index (χ2v) is 7.30. The highest BCUT2D eigenvalue weighted by molar-refractivity contribution is 6.34. The molecular weight excluding hydrogens is 474 g/mol. The minimum Gasteiger partial charge on any atom is -0.447 e. The number of hydrogen-bond donors (Lipinski definition) is 1. The second-order valence-electron chi connectivity index (χ2n) is 6.89. The molecule has 0 heterocycles. The number of nitro groups is 1. The third-order valence-electron chi connectivity index (χ3n) is 4.51. The van der Waals surface area contributed by atoms with Crippen LogP contribution >= 0.6 is 11.6 Å². The van der Waals surface area contributed by atoms with Gasteiger partial charge in [0.15, 0.2) is 0 Å². The molecule has 0 saturated heterocycles. The maximum absolute atomic E-state index is 13.0. The minimum atomic E-state index is -2.97. The molecule has 0 radical (unpaired) electrons. The molecule has 3 aromatic carbocycles. The summed E-state index contributed by atoms with van der Waals surface area (Å²) in [5, 5.41) is 13.3. The number of hydrogen-bond acceptors (Lipinski definition) is 6. The van der Waals surface area contributed by atoms with E-state index in [1.165, 1.54) is 36.4 Å². The number of carbonyl (C=O) groups is 2. The van der Waals surface area contributed by atoms with Gasteiger partial charge in [-0.2, -0.15) is 8.78 Å². The van der Waals surface area contributed by atoms with Gasteiger partial charge in [-0.1, -0.05) is 54.1 Å². The highest BCUT2D eigenvalue weighted by Gasteiger charge is 2.26. The van der Waals surface area contributed by atoms with Crippen LogP contribution in [0.1, 0.15) is 17.2 Å². The van der Waals surface area contributed by atoms with Crippen molar-refractivity contribution in [1.82, 2.24) is 0 Å². The standard InChI is InChI=1S/C23H17ClF2N2O6/c24-18-13-16(28(31)32)8-11-19(18)27-22(30)21(15-4-2-1-3-5-15)34-20(29)12-14-6-9-17(10-7-14)33-23(25)26/h1-11,13,21,23H,12H2,(H,27,30). The van der Waals surface area contributed by atoms with Gasteiger partial charge in [0, 0.05) is 17.7 Å². The molecule has 1 N–H and O–H groups in total. The van der Waals surface area contributed by atoms with Gasteiger partial charge >= 0.3 is 12.6 Å². The van der Waals surface area contributed by atoms with Crippen LogP contribution in [0.3, 0.4) is 0 Å². The average Bonchev–Trinajstić information content (AvgIpc) is 2.80. The molecule has 176 valence electrons. The van der Waals surface area contributed by atoms with Gasteiger partial charge in [0.25, 0.3) is 11.6 Å². The Kier molecular flexibility index (Phi) is 8.10. The summed E-state index contributed by atoms with van der Waals surface area (Å²) in [5.41, 5.74) is 0.687. The van der Waals surface area contributed by atoms with E-state index in [4.69, 9.17) is 16.3 Å². The third kappa shape index (κ3) is 6.72. The molecule has 8 nitrogen and oxygen atoms in total. The molecule has 0 saturated carbocycles. The number of rotatable bonds is 9. The minimum absolute atomic E-state index is 0.0615. The molecule has 0 spiro atoms. The van der Waals surface area contributed by atoms with Crippen molar-refractivity contribution in [3.05, 3.63) is 99.1 Å². The Morgan fingerprint density at radius 1 is 1.03 bits per heavy atom. The molecule has 3 rings (SSSR count). The summed E-state index contributed by atoms with van der Waals surface area (Å²) in [6.45, 7) is -2.97. The van der Waals surface area contributed by atoms with E-state index in [1.807, 2.05) is 0 Å². The maximum atomic E-state index is 13.0. The van der Waals surface area contributed by atoms with Crippen LogP contribution in [0.15, 0.2) is 72.8 Å². The zero-order valence-corrected chi connectivity index (χ0v) is 18.1. The van der Waals surface area contributed by atoms with Crippen LogP contribution in [0.25, 0.3) is 0 Å². The van der Waals surface area contributed by atoms with Gasteiger partial charge in [-0.25, -0.2) is 0 Å². The van der Waals surface area contributed by atoms with Crippen molar-refractivity contribution in [3.63, 3.8) is 0 Å². The molecule has 1 amide bonds. The molecule has 3 aromatic rings. The summed E-state index contributed by atoms with van der Waals surface area (Å²) >= 11 is 6.04. The highest BCUT2D eigenvalue weighted by atomic mass is 35.5. The Morgan fingerprint density at radius 3 is 2.29 bits per heavy atom. The monoisotopic (exact) mass is 490 g/mol. The van der Waals surface area contributed by atoms with Crippen LogP contribution in [-0.2, 0) is 20.7 Å². The van der Waals surface area contributed by atoms with E-state index in [0.717, 1.165) is 6.07 Å². The van der Waals surface area contributed by atoms with Crippen molar-refractivity contribution >= 4 is 34.9 Å². The van der Waals surface area contributed by atoms with Gasteiger partial charge in [0.05, 0.1) is 22.1 Å². The second kappa shape index (κ2) is 11.2. The van der Waals surface area contributed by atoms with Crippen LogP contribution in [0.2, 0.25) is 5.02 Å². The Hall–Kier alpha value is -4.05. The number of carbonyl (C=O) groups excluding carboxylic acids is 2. The smallest absolute Gasteiger partial charge is 0.387 e. The van der Waals surface area contributed by atoms with E-state index in [2.05, 4.69) is 10.1 Å². The molecule has 11 heteroatoms. The Morgan fingerprint density at radius 2 is 1.71 bits per heavy atom. The molecule has 0 aliphatic carbocycles. The first-order valence-electron chi connectivity index (χ1n) is 9.76. The number of alkyl halides is 2. The lowest BCUT2D eigenvalue weighted by atomic mass is 10.1. The van der Waals surface area contributed by atoms with Crippen LogP contribution in [0, 0.1) is 10.1 Å². The number of non-ortho nitro benzene ring substituents is 1. The number of benzene rings is 3. The number of ether oxygens (including phenoxy) is 2. The van der Waals surface area contributed by atoms with Gasteiger partial charge in [0.2, 0.25) is 6.10 Å². The summed E-state index contributed by atoms with van der Waals surface area (Å²) in [4.78, 5) is 35.8. The fourth-order valence-corrected chi connectivity index (χ4v) is 3.17. The Labute approximate surface area is 197 Å². The third-order valence-corrected chi connectivity index (χ3v) is 4.82. The molecule has 0 aliphatic rings. The number of halogens is 3. The Bertz CT molecular complexity index is 1180. The summed E-state index contributed by atoms with van der Waals surface area (Å²) in [6.07, 6.45) is -1.58. The van der Waals surface area contributed by atoms with Crippen LogP contribution in [0.5, 0.6) is 5.75 Å². The first kappa shape index (κ1) is 24.6. The zero-order valence-electron chi connectivity index (χ0n) is 17.3. The van der Waals surface area contributed by atoms with Gasteiger partial charge in [-0.15, -0.1) is 0 Å². The summed E-state index contributed by atoms with van der Waals surface area (Å²) in [7, 11) is 0. The van der Waals surface area contributed by atoms with Crippen molar-refractivity contribution in [2.24, 2.45) is 0 Å². The number of nitrogens with zero attached hydrogens (tertiary/aromatic N) is 1. The quantitative estimate of drug-likeness (QED) is 0.247. The van der Waals surface area contributed by atoms with E-state index in [1.54, 1.807) is 30.3 Å². The zero-order chi connectivity index (χ0) is 24.7. The van der Waals surface area contributed by atoms with Gasteiger partial charge in [-0.05, 0) is 23.8 Å². The van der Waals surface area contributed by atoms with Gasteiger partial charge in [-0.3, -0.25) is 19.7 Å². The maximum Gasteiger partial charge on any atom is 0.387 e. The van der Waals surface area contributed by atoms with E-state index >= 15 is 0 Å². The number of anilines is 1. The summed E-state index contributed by atoms with van der Waals surface area (Å²) in [6, 6.07) is 17.2. The fourth-order valence-electron chi connectivity index (χ4n) is 2.95. The van der Waals surface area contributed by atoms with Crippen molar-refractivity contribution in [3.8, 4) is 5.75 Å². The largest absolute Gasteiger partial charge is 0.447 e. The summed E-state index contributed by atoms with van der Waals surface area (Å²) in [5.74, 6) is -1.54. The SMILES string of the molecule is O=C(Cc1ccc(OC(F)F)cc1)OC(C(=O)Nc1ccc([N+](=O)[O-])cc1Cl)c1ccccc1. The molecular formula is C23H17ClF2N2O6. The predicted molar refractivity (Wildman–Crippen MR) is 119 cm³/mol. The van der Waals surface area contributed by atoms with Gasteiger partial charge < -0.3 is 14.8 Å².